The molecule has 4 N–H and O–H groups in total. The number of unbranched alkanes of at least 4 members (excludes halogenated alkanes) is 1. The van der Waals surface area contributed by atoms with Gasteiger partial charge in [0.05, 0.1) is 5.25 Å². The van der Waals surface area contributed by atoms with Crippen molar-refractivity contribution in [1.29, 1.82) is 0 Å². The van der Waals surface area contributed by atoms with Crippen molar-refractivity contribution in [3.8, 4) is 0 Å². The summed E-state index contributed by atoms with van der Waals surface area (Å²) in [5.74, 6) is 0. The average Bonchev–Trinajstić information content (AvgIpc) is 1.97. The number of hydrogen-bond acceptors (Lipinski definition) is 3. The summed E-state index contributed by atoms with van der Waals surface area (Å²) in [7, 11) is 0. The largest absolute Gasteiger partial charge is 0.396 e. The molecule has 0 aromatic carbocycles. The molecule has 0 aliphatic carbocycles. The Labute approximate surface area is 69.1 Å². The van der Waals surface area contributed by atoms with E-state index in [1.807, 2.05) is 0 Å². The fourth-order valence-corrected chi connectivity index (χ4v) is 1.32. The highest BCUT2D eigenvalue weighted by atomic mass is 32.2. The zero-order chi connectivity index (χ0) is 8.69. The molecule has 0 saturated carbocycles. The Morgan fingerprint density at radius 2 is 2.09 bits per heavy atom. The lowest BCUT2D eigenvalue weighted by Gasteiger charge is -2.08. The Kier molecular flexibility index (Phi) is 6.74. The van der Waals surface area contributed by atoms with Crippen LogP contribution in [0.15, 0.2) is 0 Å². The number of rotatable bonds is 6. The third-order valence-electron chi connectivity index (χ3n) is 1.48. The third-order valence-corrected chi connectivity index (χ3v) is 2.48. The first-order chi connectivity index (χ1) is 5.22. The molecule has 0 radical (unpaired) electrons. The number of aliphatic hydroxyl groups is 1. The second-order valence-corrected chi connectivity index (χ2v) is 3.57. The van der Waals surface area contributed by atoms with E-state index in [1.54, 1.807) is 0 Å². The van der Waals surface area contributed by atoms with Crippen LogP contribution >= 0.6 is 0 Å². The van der Waals surface area contributed by atoms with E-state index in [9.17, 15) is 4.21 Å². The highest BCUT2D eigenvalue weighted by molar-refractivity contribution is 7.79. The van der Waals surface area contributed by atoms with Gasteiger partial charge in [0.1, 0.15) is 0 Å². The predicted octanol–water partition coefficient (Wildman–Crippen LogP) is -0.302. The maximum atomic E-state index is 10.5. The second-order valence-electron chi connectivity index (χ2n) is 2.35. The van der Waals surface area contributed by atoms with Crippen LogP contribution in [0.25, 0.3) is 0 Å². The molecule has 0 fully saturated rings. The molecule has 0 aromatic heterocycles. The number of aliphatic hydroxyl groups excluding tert-OH is 1. The van der Waals surface area contributed by atoms with Crippen LogP contribution in [-0.2, 0) is 11.1 Å². The van der Waals surface area contributed by atoms with Crippen molar-refractivity contribution in [3.63, 3.8) is 0 Å². The van der Waals surface area contributed by atoms with Crippen LogP contribution in [0.2, 0.25) is 0 Å². The molecule has 0 saturated heterocycles. The van der Waals surface area contributed by atoms with Crippen molar-refractivity contribution >= 4 is 11.1 Å². The van der Waals surface area contributed by atoms with E-state index in [-0.39, 0.29) is 18.4 Å². The zero-order valence-corrected chi connectivity index (χ0v) is 7.22. The van der Waals surface area contributed by atoms with Crippen LogP contribution in [0.3, 0.4) is 0 Å². The lowest BCUT2D eigenvalue weighted by atomic mass is 10.2. The van der Waals surface area contributed by atoms with Gasteiger partial charge in [-0.05, 0) is 19.3 Å². The van der Waals surface area contributed by atoms with Crippen molar-refractivity contribution < 1.29 is 13.9 Å². The first-order valence-corrected chi connectivity index (χ1v) is 4.80. The van der Waals surface area contributed by atoms with Gasteiger partial charge >= 0.3 is 0 Å². The van der Waals surface area contributed by atoms with Crippen molar-refractivity contribution in [3.05, 3.63) is 0 Å². The molecular formula is C6H15NO3S. The number of nitrogens with two attached hydrogens (primary N) is 1. The van der Waals surface area contributed by atoms with Crippen molar-refractivity contribution in [2.45, 2.75) is 24.5 Å². The first kappa shape index (κ1) is 11.0. The first-order valence-electron chi connectivity index (χ1n) is 3.63. The van der Waals surface area contributed by atoms with Crippen molar-refractivity contribution in [2.75, 3.05) is 13.2 Å². The summed E-state index contributed by atoms with van der Waals surface area (Å²) in [4.78, 5) is 0. The minimum atomic E-state index is -1.81. The Hall–Kier alpha value is 0.0300. The minimum Gasteiger partial charge on any atom is -0.396 e. The van der Waals surface area contributed by atoms with Crippen LogP contribution < -0.4 is 5.73 Å². The second kappa shape index (κ2) is 6.72. The zero-order valence-electron chi connectivity index (χ0n) is 6.40. The van der Waals surface area contributed by atoms with Gasteiger partial charge in [-0.2, -0.15) is 0 Å². The Morgan fingerprint density at radius 3 is 2.45 bits per heavy atom. The molecule has 5 heteroatoms. The van der Waals surface area contributed by atoms with Gasteiger partial charge in [-0.25, -0.2) is 4.21 Å². The summed E-state index contributed by atoms with van der Waals surface area (Å²) in [5, 5.41) is 8.09. The maximum absolute atomic E-state index is 10.5. The molecule has 2 atom stereocenters. The lowest BCUT2D eigenvalue weighted by molar-refractivity contribution is 0.282. The van der Waals surface area contributed by atoms with E-state index in [0.717, 1.165) is 6.42 Å². The van der Waals surface area contributed by atoms with Crippen molar-refractivity contribution in [2.24, 2.45) is 5.73 Å². The van der Waals surface area contributed by atoms with Crippen LogP contribution in [0, 0.1) is 0 Å². The SMILES string of the molecule is NCC(CCCCO)S(=O)O. The van der Waals surface area contributed by atoms with E-state index in [4.69, 9.17) is 15.4 Å². The Bertz CT molecular complexity index is 120. The van der Waals surface area contributed by atoms with Gasteiger partial charge in [-0.3, -0.25) is 0 Å². The van der Waals surface area contributed by atoms with Crippen LogP contribution in [-0.4, -0.2) is 32.3 Å². The highest BCUT2D eigenvalue weighted by Crippen LogP contribution is 2.04. The summed E-state index contributed by atoms with van der Waals surface area (Å²) < 4.78 is 19.1. The number of hydrogen-bond donors (Lipinski definition) is 3. The molecule has 4 nitrogen and oxygen atoms in total. The van der Waals surface area contributed by atoms with Crippen molar-refractivity contribution in [1.82, 2.24) is 0 Å². The van der Waals surface area contributed by atoms with E-state index in [2.05, 4.69) is 0 Å². The molecule has 0 spiro atoms. The standard InChI is InChI=1S/C6H15NO3S/c7-5-6(11(9)10)3-1-2-4-8/h6,8H,1-5,7H2,(H,9,10). The molecule has 0 heterocycles. The molecule has 0 rings (SSSR count). The van der Waals surface area contributed by atoms with Gasteiger partial charge in [0.2, 0.25) is 0 Å². The van der Waals surface area contributed by atoms with E-state index < -0.39 is 11.1 Å². The topological polar surface area (TPSA) is 83.5 Å². The van der Waals surface area contributed by atoms with E-state index in [0.29, 0.717) is 12.8 Å². The summed E-state index contributed by atoms with van der Waals surface area (Å²) in [6, 6.07) is 0. The van der Waals surface area contributed by atoms with E-state index in [1.165, 1.54) is 0 Å². The smallest absolute Gasteiger partial charge is 0.157 e. The predicted molar refractivity (Wildman–Crippen MR) is 44.6 cm³/mol. The lowest BCUT2D eigenvalue weighted by Crippen LogP contribution is -2.24. The molecule has 0 aliphatic heterocycles. The quantitative estimate of drug-likeness (QED) is 0.388. The summed E-state index contributed by atoms with van der Waals surface area (Å²) in [6.45, 7) is 0.365. The minimum absolute atomic E-state index is 0.134. The molecule has 0 bridgehead atoms. The van der Waals surface area contributed by atoms with Gasteiger partial charge in [-0.1, -0.05) is 0 Å². The van der Waals surface area contributed by atoms with Gasteiger partial charge in [0.25, 0.3) is 0 Å². The molecule has 0 aromatic rings. The molecule has 2 unspecified atom stereocenters. The summed E-state index contributed by atoms with van der Waals surface area (Å²) in [5.41, 5.74) is 5.24. The van der Waals surface area contributed by atoms with Crippen LogP contribution in [0.4, 0.5) is 0 Å². The van der Waals surface area contributed by atoms with Gasteiger partial charge in [-0.15, -0.1) is 0 Å². The summed E-state index contributed by atoms with van der Waals surface area (Å²) >= 11 is -1.81. The van der Waals surface area contributed by atoms with Crippen LogP contribution in [0.1, 0.15) is 19.3 Å². The molecule has 0 amide bonds. The highest BCUT2D eigenvalue weighted by Gasteiger charge is 2.11. The fourth-order valence-electron chi connectivity index (χ4n) is 0.785. The van der Waals surface area contributed by atoms with Gasteiger partial charge in [0, 0.05) is 13.2 Å². The molecule has 11 heavy (non-hydrogen) atoms. The molecule has 68 valence electrons. The van der Waals surface area contributed by atoms with Crippen LogP contribution in [0.5, 0.6) is 0 Å². The van der Waals surface area contributed by atoms with E-state index >= 15 is 0 Å². The third kappa shape index (κ3) is 5.32. The van der Waals surface area contributed by atoms with Gasteiger partial charge in [0.15, 0.2) is 11.1 Å². The maximum Gasteiger partial charge on any atom is 0.157 e. The van der Waals surface area contributed by atoms with Gasteiger partial charge < -0.3 is 15.4 Å². The fraction of sp³-hybridized carbons (Fsp3) is 1.00. The molecule has 0 aliphatic rings. The average molecular weight is 181 g/mol. The Balaban J connectivity index is 3.44. The molecular weight excluding hydrogens is 166 g/mol. The summed E-state index contributed by atoms with van der Waals surface area (Å²) in [6.07, 6.45) is 2.04. The monoisotopic (exact) mass is 181 g/mol. The normalized spacial score (nSPS) is 16.3. The Morgan fingerprint density at radius 1 is 1.45 bits per heavy atom.